The average molecular weight is 446 g/mol. The summed E-state index contributed by atoms with van der Waals surface area (Å²) in [4.78, 5) is 17.7. The van der Waals surface area contributed by atoms with Gasteiger partial charge in [0.15, 0.2) is 4.80 Å². The second kappa shape index (κ2) is 9.24. The Balaban J connectivity index is 1.88. The molecule has 0 aliphatic carbocycles. The minimum Gasteiger partial charge on any atom is -0.319 e. The Morgan fingerprint density at radius 2 is 1.83 bits per heavy atom. The number of hydrogen-bond acceptors (Lipinski definition) is 4. The molecule has 1 heterocycles. The summed E-state index contributed by atoms with van der Waals surface area (Å²) in [6.07, 6.45) is 2.67. The van der Waals surface area contributed by atoms with Crippen LogP contribution in [0.3, 0.4) is 0 Å². The first-order valence-corrected chi connectivity index (χ1v) is 12.3. The third-order valence-corrected chi connectivity index (χ3v) is 8.08. The number of rotatable bonds is 7. The number of carbonyl (C=O) groups is 1. The standard InChI is InChI=1S/C22H27N3O3S2/c1-5-7-14-24(3)30(27,28)18-11-9-17(10-12-18)21(26)23-22-25(4)19-13-8-16(6-2)15-20(19)29-22/h8-13,15H,5-7,14H2,1-4H3. The van der Waals surface area contributed by atoms with Gasteiger partial charge in [0, 0.05) is 26.2 Å². The first-order chi connectivity index (χ1) is 14.3. The Hall–Kier alpha value is -2.29. The van der Waals surface area contributed by atoms with Gasteiger partial charge in [0.25, 0.3) is 5.91 Å². The molecule has 0 aliphatic heterocycles. The predicted octanol–water partition coefficient (Wildman–Crippen LogP) is 3.96. The summed E-state index contributed by atoms with van der Waals surface area (Å²) in [6, 6.07) is 12.2. The third-order valence-electron chi connectivity index (χ3n) is 5.12. The maximum atomic E-state index is 12.7. The zero-order chi connectivity index (χ0) is 21.9. The van der Waals surface area contributed by atoms with Gasteiger partial charge < -0.3 is 4.57 Å². The Morgan fingerprint density at radius 1 is 1.13 bits per heavy atom. The maximum absolute atomic E-state index is 12.7. The molecule has 8 heteroatoms. The van der Waals surface area contributed by atoms with Gasteiger partial charge in [-0.15, -0.1) is 0 Å². The van der Waals surface area contributed by atoms with E-state index in [4.69, 9.17) is 0 Å². The highest BCUT2D eigenvalue weighted by Crippen LogP contribution is 2.19. The van der Waals surface area contributed by atoms with Crippen molar-refractivity contribution < 1.29 is 13.2 Å². The van der Waals surface area contributed by atoms with Gasteiger partial charge in [0.2, 0.25) is 10.0 Å². The molecule has 0 saturated carbocycles. The minimum absolute atomic E-state index is 0.178. The zero-order valence-electron chi connectivity index (χ0n) is 17.8. The van der Waals surface area contributed by atoms with Crippen LogP contribution in [0.15, 0.2) is 52.4 Å². The van der Waals surface area contributed by atoms with Crippen LogP contribution in [-0.2, 0) is 23.5 Å². The molecule has 160 valence electrons. The van der Waals surface area contributed by atoms with E-state index in [1.165, 1.54) is 45.5 Å². The van der Waals surface area contributed by atoms with Gasteiger partial charge in [-0.25, -0.2) is 12.7 Å². The van der Waals surface area contributed by atoms with E-state index in [1.807, 2.05) is 24.6 Å². The topological polar surface area (TPSA) is 71.7 Å². The summed E-state index contributed by atoms with van der Waals surface area (Å²) in [6.45, 7) is 4.59. The number of thiazole rings is 1. The zero-order valence-corrected chi connectivity index (χ0v) is 19.4. The molecule has 0 N–H and O–H groups in total. The van der Waals surface area contributed by atoms with E-state index < -0.39 is 15.9 Å². The molecule has 0 unspecified atom stereocenters. The van der Waals surface area contributed by atoms with Crippen LogP contribution in [0.5, 0.6) is 0 Å². The first-order valence-electron chi connectivity index (χ1n) is 10.0. The van der Waals surface area contributed by atoms with Crippen molar-refractivity contribution in [2.24, 2.45) is 12.0 Å². The molecule has 0 radical (unpaired) electrons. The Bertz CT molecular complexity index is 1220. The summed E-state index contributed by atoms with van der Waals surface area (Å²) in [5.41, 5.74) is 2.63. The molecule has 3 aromatic rings. The second-order valence-electron chi connectivity index (χ2n) is 7.22. The highest BCUT2D eigenvalue weighted by molar-refractivity contribution is 7.89. The largest absolute Gasteiger partial charge is 0.319 e. The Kier molecular flexibility index (Phi) is 6.90. The number of aryl methyl sites for hydroxylation is 2. The molecule has 30 heavy (non-hydrogen) atoms. The summed E-state index contributed by atoms with van der Waals surface area (Å²) in [7, 11) is -0.0924. The molecule has 3 rings (SSSR count). The van der Waals surface area contributed by atoms with E-state index >= 15 is 0 Å². The van der Waals surface area contributed by atoms with Crippen LogP contribution in [0, 0.1) is 0 Å². The van der Waals surface area contributed by atoms with Gasteiger partial charge >= 0.3 is 0 Å². The molecule has 1 aromatic heterocycles. The number of unbranched alkanes of at least 4 members (excludes halogenated alkanes) is 1. The lowest BCUT2D eigenvalue weighted by molar-refractivity contribution is 0.0998. The normalized spacial score (nSPS) is 12.8. The lowest BCUT2D eigenvalue weighted by Gasteiger charge is -2.16. The van der Waals surface area contributed by atoms with Crippen LogP contribution in [0.2, 0.25) is 0 Å². The van der Waals surface area contributed by atoms with Crippen LogP contribution >= 0.6 is 11.3 Å². The van der Waals surface area contributed by atoms with Crippen molar-refractivity contribution in [3.8, 4) is 0 Å². The molecular formula is C22H27N3O3S2. The molecule has 2 aromatic carbocycles. The quantitative estimate of drug-likeness (QED) is 0.553. The lowest BCUT2D eigenvalue weighted by atomic mass is 10.2. The summed E-state index contributed by atoms with van der Waals surface area (Å²) in [5, 5.41) is 0. The van der Waals surface area contributed by atoms with Gasteiger partial charge in [-0.05, 0) is 54.8 Å². The van der Waals surface area contributed by atoms with E-state index in [9.17, 15) is 13.2 Å². The monoisotopic (exact) mass is 445 g/mol. The van der Waals surface area contributed by atoms with Crippen molar-refractivity contribution in [2.75, 3.05) is 13.6 Å². The molecule has 1 amide bonds. The molecule has 6 nitrogen and oxygen atoms in total. The Morgan fingerprint density at radius 3 is 2.47 bits per heavy atom. The number of fused-ring (bicyclic) bond motifs is 1. The van der Waals surface area contributed by atoms with Crippen LogP contribution in [0.4, 0.5) is 0 Å². The van der Waals surface area contributed by atoms with Gasteiger partial charge in [0.1, 0.15) is 0 Å². The second-order valence-corrected chi connectivity index (χ2v) is 10.3. The molecular weight excluding hydrogens is 418 g/mol. The smallest absolute Gasteiger partial charge is 0.279 e. The highest BCUT2D eigenvalue weighted by Gasteiger charge is 2.20. The van der Waals surface area contributed by atoms with Crippen molar-refractivity contribution in [1.29, 1.82) is 0 Å². The number of amides is 1. The fraction of sp³-hybridized carbons (Fsp3) is 0.364. The van der Waals surface area contributed by atoms with Crippen molar-refractivity contribution in [2.45, 2.75) is 38.0 Å². The molecule has 0 saturated heterocycles. The summed E-state index contributed by atoms with van der Waals surface area (Å²) >= 11 is 1.47. The van der Waals surface area contributed by atoms with Gasteiger partial charge in [-0.3, -0.25) is 4.79 Å². The van der Waals surface area contributed by atoms with Crippen LogP contribution < -0.4 is 4.80 Å². The number of nitrogens with zero attached hydrogens (tertiary/aromatic N) is 3. The first kappa shape index (κ1) is 22.4. The van der Waals surface area contributed by atoms with Crippen LogP contribution in [0.1, 0.15) is 42.6 Å². The molecule has 0 fully saturated rings. The fourth-order valence-electron chi connectivity index (χ4n) is 3.11. The number of carbonyl (C=O) groups excluding carboxylic acids is 1. The van der Waals surface area contributed by atoms with Gasteiger partial charge in [-0.1, -0.05) is 37.7 Å². The number of hydrogen-bond donors (Lipinski definition) is 0. The molecule has 0 atom stereocenters. The van der Waals surface area contributed by atoms with Crippen molar-refractivity contribution in [3.05, 3.63) is 58.4 Å². The van der Waals surface area contributed by atoms with E-state index in [0.717, 1.165) is 29.5 Å². The van der Waals surface area contributed by atoms with E-state index in [-0.39, 0.29) is 4.90 Å². The third kappa shape index (κ3) is 4.55. The van der Waals surface area contributed by atoms with Crippen molar-refractivity contribution in [3.63, 3.8) is 0 Å². The SMILES string of the molecule is CCCCN(C)S(=O)(=O)c1ccc(C(=O)N=c2sc3cc(CC)ccc3n2C)cc1. The van der Waals surface area contributed by atoms with E-state index in [0.29, 0.717) is 16.9 Å². The fourth-order valence-corrected chi connectivity index (χ4v) is 5.40. The lowest BCUT2D eigenvalue weighted by Crippen LogP contribution is -2.27. The maximum Gasteiger partial charge on any atom is 0.279 e. The summed E-state index contributed by atoms with van der Waals surface area (Å²) < 4.78 is 29.6. The highest BCUT2D eigenvalue weighted by atomic mass is 32.2. The summed E-state index contributed by atoms with van der Waals surface area (Å²) in [5.74, 6) is -0.392. The number of sulfonamides is 1. The average Bonchev–Trinajstić information content (AvgIpc) is 3.06. The van der Waals surface area contributed by atoms with Gasteiger partial charge in [0.05, 0.1) is 15.1 Å². The number of benzene rings is 2. The molecule has 0 aliphatic rings. The molecule has 0 bridgehead atoms. The van der Waals surface area contributed by atoms with Crippen molar-refractivity contribution in [1.82, 2.24) is 8.87 Å². The predicted molar refractivity (Wildman–Crippen MR) is 121 cm³/mol. The van der Waals surface area contributed by atoms with E-state index in [2.05, 4.69) is 24.0 Å². The van der Waals surface area contributed by atoms with Crippen LogP contribution in [-0.4, -0.2) is 36.8 Å². The minimum atomic E-state index is -3.55. The molecule has 0 spiro atoms. The number of aromatic nitrogens is 1. The Labute approximate surface area is 181 Å². The van der Waals surface area contributed by atoms with Gasteiger partial charge in [-0.2, -0.15) is 4.99 Å². The van der Waals surface area contributed by atoms with Crippen molar-refractivity contribution >= 4 is 37.5 Å². The van der Waals surface area contributed by atoms with Crippen LogP contribution in [0.25, 0.3) is 10.2 Å². The van der Waals surface area contributed by atoms with E-state index in [1.54, 1.807) is 7.05 Å².